The van der Waals surface area contributed by atoms with Gasteiger partial charge in [0.25, 0.3) is 0 Å². The molecule has 0 spiro atoms. The topological polar surface area (TPSA) is 12.9 Å². The zero-order chi connectivity index (χ0) is 11.3. The lowest BCUT2D eigenvalue weighted by molar-refractivity contribution is 0.887. The Kier molecular flexibility index (Phi) is 5.03. The maximum absolute atomic E-state index is 4.48. The van der Waals surface area contributed by atoms with E-state index in [1.807, 2.05) is 5.51 Å². The molecule has 0 unspecified atom stereocenters. The molecule has 0 saturated heterocycles. The second-order valence-corrected chi connectivity index (χ2v) is 4.70. The van der Waals surface area contributed by atoms with Crippen LogP contribution in [0.5, 0.6) is 0 Å². The predicted octanol–water partition coefficient (Wildman–Crippen LogP) is 4.69. The molecule has 0 fully saturated rings. The van der Waals surface area contributed by atoms with E-state index in [4.69, 9.17) is 0 Å². The molecule has 1 nitrogen and oxygen atoms in total. The van der Waals surface area contributed by atoms with Crippen molar-refractivity contribution in [2.75, 3.05) is 0 Å². The fourth-order valence-corrected chi connectivity index (χ4v) is 2.84. The zero-order valence-corrected chi connectivity index (χ0v) is 11.1. The highest BCUT2D eigenvalue weighted by Crippen LogP contribution is 2.30. The van der Waals surface area contributed by atoms with E-state index in [2.05, 4.69) is 32.7 Å². The van der Waals surface area contributed by atoms with Crippen molar-refractivity contribution in [2.24, 2.45) is 0 Å². The summed E-state index contributed by atoms with van der Waals surface area (Å²) in [6.07, 6.45) is 4.56. The molecule has 1 aromatic rings. The van der Waals surface area contributed by atoms with Gasteiger partial charge < -0.3 is 0 Å². The highest BCUT2D eigenvalue weighted by atomic mass is 32.1. The minimum atomic E-state index is 1.11. The van der Waals surface area contributed by atoms with Gasteiger partial charge in [0.2, 0.25) is 0 Å². The quantitative estimate of drug-likeness (QED) is 0.705. The molecule has 0 amide bonds. The lowest BCUT2D eigenvalue weighted by Gasteiger charge is -2.08. The summed E-state index contributed by atoms with van der Waals surface area (Å²) < 4.78 is 0. The third-order valence-electron chi connectivity index (χ3n) is 2.80. The summed E-state index contributed by atoms with van der Waals surface area (Å²) in [5.74, 6) is 0. The average Bonchev–Trinajstić information content (AvgIpc) is 2.68. The first-order chi connectivity index (χ1) is 7.24. The van der Waals surface area contributed by atoms with Gasteiger partial charge in [0.05, 0.1) is 16.1 Å². The molecule has 0 radical (unpaired) electrons. The third-order valence-corrected chi connectivity index (χ3v) is 3.73. The fraction of sp³-hybridized carbons (Fsp3) is 0.615. The standard InChI is InChI=1S/C13H21NS/c1-5-8-12-13(15-9-14-12)11(7-3)10(4)6-2/h9H,5-8H2,1-4H3/b11-10+. The number of thiazole rings is 1. The number of aromatic nitrogens is 1. The summed E-state index contributed by atoms with van der Waals surface area (Å²) in [6.45, 7) is 8.93. The number of allylic oxidation sites excluding steroid dienone is 2. The van der Waals surface area contributed by atoms with E-state index in [0.29, 0.717) is 0 Å². The van der Waals surface area contributed by atoms with E-state index < -0.39 is 0 Å². The van der Waals surface area contributed by atoms with Gasteiger partial charge in [-0.05, 0) is 31.8 Å². The van der Waals surface area contributed by atoms with Crippen LogP contribution in [0.25, 0.3) is 5.57 Å². The molecule has 1 heterocycles. The largest absolute Gasteiger partial charge is 0.249 e. The minimum Gasteiger partial charge on any atom is -0.249 e. The summed E-state index contributed by atoms with van der Waals surface area (Å²) in [7, 11) is 0. The number of hydrogen-bond donors (Lipinski definition) is 0. The monoisotopic (exact) mass is 223 g/mol. The molecule has 1 rings (SSSR count). The molecule has 0 aliphatic carbocycles. The Balaban J connectivity index is 3.07. The molecule has 0 bridgehead atoms. The van der Waals surface area contributed by atoms with Crippen LogP contribution in [-0.4, -0.2) is 4.98 Å². The second kappa shape index (κ2) is 6.06. The Morgan fingerprint density at radius 3 is 2.53 bits per heavy atom. The Morgan fingerprint density at radius 2 is 2.00 bits per heavy atom. The van der Waals surface area contributed by atoms with E-state index in [-0.39, 0.29) is 0 Å². The van der Waals surface area contributed by atoms with Crippen LogP contribution in [0.1, 0.15) is 57.5 Å². The Labute approximate surface area is 97.3 Å². The first-order valence-corrected chi connectivity index (χ1v) is 6.73. The molecular formula is C13H21NS. The van der Waals surface area contributed by atoms with Crippen molar-refractivity contribution in [1.82, 2.24) is 4.98 Å². The molecule has 2 heteroatoms. The first-order valence-electron chi connectivity index (χ1n) is 5.85. The number of aryl methyl sites for hydroxylation is 1. The van der Waals surface area contributed by atoms with E-state index in [9.17, 15) is 0 Å². The second-order valence-electron chi connectivity index (χ2n) is 3.84. The first kappa shape index (κ1) is 12.4. The highest BCUT2D eigenvalue weighted by Gasteiger charge is 2.10. The maximum Gasteiger partial charge on any atom is 0.0801 e. The van der Waals surface area contributed by atoms with Gasteiger partial charge in [-0.2, -0.15) is 0 Å². The summed E-state index contributed by atoms with van der Waals surface area (Å²) in [4.78, 5) is 5.91. The molecule has 15 heavy (non-hydrogen) atoms. The lowest BCUT2D eigenvalue weighted by atomic mass is 10.0. The fourth-order valence-electron chi connectivity index (χ4n) is 1.80. The van der Waals surface area contributed by atoms with Crippen LogP contribution in [0.3, 0.4) is 0 Å². The SMILES string of the molecule is CCCc1ncsc1/C(CC)=C(\C)CC. The average molecular weight is 223 g/mol. The van der Waals surface area contributed by atoms with Gasteiger partial charge in [-0.25, -0.2) is 4.98 Å². The number of rotatable bonds is 5. The van der Waals surface area contributed by atoms with Gasteiger partial charge in [-0.1, -0.05) is 32.8 Å². The van der Waals surface area contributed by atoms with Crippen molar-refractivity contribution in [1.29, 1.82) is 0 Å². The van der Waals surface area contributed by atoms with Crippen LogP contribution in [0, 0.1) is 0 Å². The number of nitrogens with zero attached hydrogens (tertiary/aromatic N) is 1. The van der Waals surface area contributed by atoms with E-state index in [1.165, 1.54) is 28.1 Å². The minimum absolute atomic E-state index is 1.11. The Bertz CT molecular complexity index is 336. The molecule has 0 aromatic carbocycles. The summed E-state index contributed by atoms with van der Waals surface area (Å²) in [5, 5.41) is 0. The molecule has 0 saturated carbocycles. The zero-order valence-electron chi connectivity index (χ0n) is 10.3. The normalized spacial score (nSPS) is 12.8. The van der Waals surface area contributed by atoms with Crippen molar-refractivity contribution in [3.8, 4) is 0 Å². The van der Waals surface area contributed by atoms with Gasteiger partial charge in [-0.15, -0.1) is 11.3 Å². The van der Waals surface area contributed by atoms with Gasteiger partial charge in [-0.3, -0.25) is 0 Å². The van der Waals surface area contributed by atoms with Crippen LogP contribution in [-0.2, 0) is 6.42 Å². The third kappa shape index (κ3) is 2.91. The van der Waals surface area contributed by atoms with Gasteiger partial charge >= 0.3 is 0 Å². The summed E-state index contributed by atoms with van der Waals surface area (Å²) in [5.41, 5.74) is 6.31. The Hall–Kier alpha value is -0.630. The molecule has 0 aliphatic rings. The molecule has 1 aromatic heterocycles. The van der Waals surface area contributed by atoms with E-state index in [0.717, 1.165) is 19.3 Å². The van der Waals surface area contributed by atoms with Crippen molar-refractivity contribution in [3.63, 3.8) is 0 Å². The molecule has 0 atom stereocenters. The molecule has 0 N–H and O–H groups in total. The summed E-state index contributed by atoms with van der Waals surface area (Å²) >= 11 is 1.80. The smallest absolute Gasteiger partial charge is 0.0801 e. The molecule has 84 valence electrons. The Morgan fingerprint density at radius 1 is 1.27 bits per heavy atom. The van der Waals surface area contributed by atoms with Crippen LogP contribution in [0.15, 0.2) is 11.1 Å². The van der Waals surface area contributed by atoms with Gasteiger partial charge in [0.1, 0.15) is 0 Å². The maximum atomic E-state index is 4.48. The van der Waals surface area contributed by atoms with Crippen LogP contribution in [0.2, 0.25) is 0 Å². The lowest BCUT2D eigenvalue weighted by Crippen LogP contribution is -1.92. The van der Waals surface area contributed by atoms with Crippen molar-refractivity contribution in [2.45, 2.75) is 53.4 Å². The van der Waals surface area contributed by atoms with Crippen LogP contribution < -0.4 is 0 Å². The van der Waals surface area contributed by atoms with Crippen LogP contribution >= 0.6 is 11.3 Å². The van der Waals surface area contributed by atoms with Crippen LogP contribution in [0.4, 0.5) is 0 Å². The highest BCUT2D eigenvalue weighted by molar-refractivity contribution is 7.10. The van der Waals surface area contributed by atoms with Gasteiger partial charge in [0.15, 0.2) is 0 Å². The summed E-state index contributed by atoms with van der Waals surface area (Å²) in [6, 6.07) is 0. The predicted molar refractivity (Wildman–Crippen MR) is 69.3 cm³/mol. The van der Waals surface area contributed by atoms with E-state index in [1.54, 1.807) is 11.3 Å². The molecular weight excluding hydrogens is 202 g/mol. The number of hydrogen-bond acceptors (Lipinski definition) is 2. The van der Waals surface area contributed by atoms with Crippen molar-refractivity contribution in [3.05, 3.63) is 21.7 Å². The van der Waals surface area contributed by atoms with Gasteiger partial charge in [0, 0.05) is 0 Å². The molecule has 0 aliphatic heterocycles. The van der Waals surface area contributed by atoms with E-state index >= 15 is 0 Å². The van der Waals surface area contributed by atoms with Crippen molar-refractivity contribution >= 4 is 16.9 Å². The van der Waals surface area contributed by atoms with Crippen molar-refractivity contribution < 1.29 is 0 Å².